The summed E-state index contributed by atoms with van der Waals surface area (Å²) in [6.45, 7) is 6.92. The number of rotatable bonds is 7. The second-order valence-electron chi connectivity index (χ2n) is 22.6. The Morgan fingerprint density at radius 1 is 0.473 bits per heavy atom. The third kappa shape index (κ3) is 6.79. The molecule has 3 aliphatic rings. The van der Waals surface area contributed by atoms with E-state index in [0.717, 1.165) is 68.0 Å². The number of anilines is 6. The average molecular weight is 963 g/mol. The number of benzene rings is 10. The predicted molar refractivity (Wildman–Crippen MR) is 312 cm³/mol. The van der Waals surface area contributed by atoms with E-state index in [-0.39, 0.29) is 0 Å². The van der Waals surface area contributed by atoms with Crippen molar-refractivity contribution in [1.29, 1.82) is 0 Å². The maximum Gasteiger partial charge on any atom is 0.159 e. The van der Waals surface area contributed by atoms with Crippen LogP contribution >= 0.6 is 0 Å². The molecule has 1 aliphatic heterocycles. The van der Waals surface area contributed by atoms with Gasteiger partial charge in [0.2, 0.25) is 0 Å². The molecule has 2 aliphatic carbocycles. The van der Waals surface area contributed by atoms with Gasteiger partial charge in [0.05, 0.1) is 22.7 Å². The summed E-state index contributed by atoms with van der Waals surface area (Å²) >= 11 is 0. The molecule has 4 bridgehead atoms. The van der Waals surface area contributed by atoms with Crippen molar-refractivity contribution >= 4 is 110 Å². The van der Waals surface area contributed by atoms with E-state index in [1.807, 2.05) is 0 Å². The Bertz CT molecular complexity index is 4140. The smallest absolute Gasteiger partial charge is 0.159 e. The van der Waals surface area contributed by atoms with Crippen molar-refractivity contribution in [2.75, 3.05) is 9.80 Å². The van der Waals surface area contributed by atoms with E-state index in [2.05, 4.69) is 194 Å². The van der Waals surface area contributed by atoms with Gasteiger partial charge in [0.1, 0.15) is 11.2 Å². The summed E-state index contributed by atoms with van der Waals surface area (Å²) < 4.78 is 14.3. The molecular formula is C70H62N2O2. The molecule has 0 saturated heterocycles. The second-order valence-corrected chi connectivity index (χ2v) is 22.6. The minimum atomic E-state index is 0.293. The first-order valence-electron chi connectivity index (χ1n) is 27.9. The topological polar surface area (TPSA) is 32.8 Å². The number of hydrogen-bond donors (Lipinski definition) is 0. The van der Waals surface area contributed by atoms with Gasteiger partial charge in [-0.05, 0) is 154 Å². The molecule has 15 rings (SSSR count). The highest BCUT2D eigenvalue weighted by atomic mass is 16.3. The van der Waals surface area contributed by atoms with E-state index in [1.165, 1.54) is 135 Å². The Morgan fingerprint density at radius 3 is 1.86 bits per heavy atom. The Morgan fingerprint density at radius 2 is 1.09 bits per heavy atom. The van der Waals surface area contributed by atoms with Crippen LogP contribution in [-0.2, 0) is 6.42 Å². The molecule has 12 aromatic rings. The summed E-state index contributed by atoms with van der Waals surface area (Å²) in [6.07, 6.45) is 14.0. The van der Waals surface area contributed by atoms with Crippen LogP contribution < -0.4 is 9.80 Å². The lowest BCUT2D eigenvalue weighted by atomic mass is 9.79. The zero-order valence-electron chi connectivity index (χ0n) is 42.9. The van der Waals surface area contributed by atoms with Crippen molar-refractivity contribution in [1.82, 2.24) is 0 Å². The fraction of sp³-hybridized carbons (Fsp3) is 0.257. The lowest BCUT2D eigenvalue weighted by Crippen LogP contribution is -2.14. The SMILES string of the molecule is CC(C)c1cccc2c1oc1c(N(c3ccc(C4CCCCC4)cc3)c3ccc4ccc5c(N6c7ccc(C8CCCCC8)c(c7)CC(C)c7cccc8c7oc7c6cccc78)ccc6ccc3c4c65)cccc12. The summed E-state index contributed by atoms with van der Waals surface area (Å²) in [6, 6.07) is 62.8. The molecule has 3 heterocycles. The van der Waals surface area contributed by atoms with Crippen LogP contribution in [0.5, 0.6) is 0 Å². The minimum Gasteiger partial charge on any atom is -0.454 e. The molecule has 2 fully saturated rings. The molecular weight excluding hydrogens is 901 g/mol. The summed E-state index contributed by atoms with van der Waals surface area (Å²) in [5, 5.41) is 12.1. The van der Waals surface area contributed by atoms with Crippen molar-refractivity contribution in [2.24, 2.45) is 0 Å². The first-order valence-corrected chi connectivity index (χ1v) is 27.9. The van der Waals surface area contributed by atoms with Crippen molar-refractivity contribution in [3.63, 3.8) is 0 Å². The standard InChI is InChI=1S/C70H62N2O2/c1-42(2)52-18-10-20-55-57-22-12-24-63(69(57)73-67(52)55)71(50-32-26-45(27-33-50)44-14-6-4-7-15-44)61-38-30-47-29-36-60-62(39-31-48-28-35-59(61)65(47)66(48)60)72-51-34-37-54(46-16-8-5-9-17-46)49(41-51)40-43(3)53-19-11-21-56-58-23-13-25-64(72)70(58)74-68(53)56/h10-13,18-39,41-44,46H,4-9,14-17,40H2,1-3H3. The van der Waals surface area contributed by atoms with Gasteiger partial charge in [0.15, 0.2) is 11.2 Å². The zero-order chi connectivity index (χ0) is 49.2. The highest BCUT2D eigenvalue weighted by Crippen LogP contribution is 2.52. The second kappa shape index (κ2) is 17.3. The first kappa shape index (κ1) is 44.0. The van der Waals surface area contributed by atoms with Gasteiger partial charge in [0.25, 0.3) is 0 Å². The van der Waals surface area contributed by atoms with Crippen molar-refractivity contribution in [2.45, 2.75) is 115 Å². The normalized spacial score (nSPS) is 16.9. The molecule has 4 heteroatoms. The number of fused-ring (bicyclic) bond motifs is 6. The summed E-state index contributed by atoms with van der Waals surface area (Å²) in [7, 11) is 0. The molecule has 1 atom stereocenters. The van der Waals surface area contributed by atoms with Crippen molar-refractivity contribution in [3.8, 4) is 0 Å². The van der Waals surface area contributed by atoms with Crippen LogP contribution in [0.3, 0.4) is 0 Å². The highest BCUT2D eigenvalue weighted by molar-refractivity contribution is 6.29. The molecule has 0 spiro atoms. The lowest BCUT2D eigenvalue weighted by molar-refractivity contribution is 0.441. The lowest BCUT2D eigenvalue weighted by Gasteiger charge is -2.31. The molecule has 10 aromatic carbocycles. The van der Waals surface area contributed by atoms with E-state index in [4.69, 9.17) is 8.83 Å². The average Bonchev–Trinajstić information content (AvgIpc) is 4.07. The number of furan rings is 2. The molecule has 2 aromatic heterocycles. The van der Waals surface area contributed by atoms with Crippen molar-refractivity contribution in [3.05, 3.63) is 192 Å². The molecule has 2 saturated carbocycles. The van der Waals surface area contributed by atoms with Crippen molar-refractivity contribution < 1.29 is 8.83 Å². The maximum atomic E-state index is 7.20. The van der Waals surface area contributed by atoms with Crippen LogP contribution in [0.15, 0.2) is 173 Å². The molecule has 1 unspecified atom stereocenters. The Labute approximate surface area is 433 Å². The number of para-hydroxylation sites is 4. The van der Waals surface area contributed by atoms with Gasteiger partial charge >= 0.3 is 0 Å². The molecule has 74 heavy (non-hydrogen) atoms. The highest BCUT2D eigenvalue weighted by Gasteiger charge is 2.30. The van der Waals surface area contributed by atoms with Crippen LogP contribution in [0.25, 0.3) is 76.2 Å². The van der Waals surface area contributed by atoms with Gasteiger partial charge in [-0.2, -0.15) is 0 Å². The fourth-order valence-corrected chi connectivity index (χ4v) is 14.3. The Balaban J connectivity index is 0.968. The van der Waals surface area contributed by atoms with E-state index in [1.54, 1.807) is 5.56 Å². The van der Waals surface area contributed by atoms with Gasteiger partial charge in [-0.25, -0.2) is 0 Å². The molecule has 0 amide bonds. The molecule has 364 valence electrons. The quantitative estimate of drug-likeness (QED) is 0.149. The van der Waals surface area contributed by atoms with Gasteiger partial charge in [0, 0.05) is 43.7 Å². The Hall–Kier alpha value is -7.56. The Kier molecular flexibility index (Phi) is 10.3. The largest absolute Gasteiger partial charge is 0.454 e. The van der Waals surface area contributed by atoms with Gasteiger partial charge in [-0.1, -0.05) is 175 Å². The fourth-order valence-electron chi connectivity index (χ4n) is 14.3. The monoisotopic (exact) mass is 962 g/mol. The molecule has 0 N–H and O–H groups in total. The van der Waals surface area contributed by atoms with Gasteiger partial charge < -0.3 is 18.6 Å². The third-order valence-corrected chi connectivity index (χ3v) is 18.0. The van der Waals surface area contributed by atoms with Crippen LogP contribution in [-0.4, -0.2) is 0 Å². The van der Waals surface area contributed by atoms with Crippen LogP contribution in [0.1, 0.15) is 136 Å². The number of nitrogens with zero attached hydrogens (tertiary/aromatic N) is 2. The minimum absolute atomic E-state index is 0.293. The summed E-state index contributed by atoms with van der Waals surface area (Å²) in [5.74, 6) is 1.84. The van der Waals surface area contributed by atoms with Gasteiger partial charge in [-0.3, -0.25) is 0 Å². The van der Waals surface area contributed by atoms with Crippen LogP contribution in [0, 0.1) is 0 Å². The maximum absolute atomic E-state index is 7.20. The predicted octanol–water partition coefficient (Wildman–Crippen LogP) is 21.2. The van der Waals surface area contributed by atoms with Gasteiger partial charge in [-0.15, -0.1) is 0 Å². The van der Waals surface area contributed by atoms with Crippen LogP contribution in [0.2, 0.25) is 0 Å². The molecule has 0 radical (unpaired) electrons. The number of hydrogen-bond acceptors (Lipinski definition) is 4. The van der Waals surface area contributed by atoms with E-state index < -0.39 is 0 Å². The summed E-state index contributed by atoms with van der Waals surface area (Å²) in [5.41, 5.74) is 17.5. The van der Waals surface area contributed by atoms with E-state index in [9.17, 15) is 0 Å². The molecule has 4 nitrogen and oxygen atoms in total. The third-order valence-electron chi connectivity index (χ3n) is 18.0. The zero-order valence-corrected chi connectivity index (χ0v) is 42.9. The first-order chi connectivity index (χ1) is 36.4. The van der Waals surface area contributed by atoms with E-state index >= 15 is 0 Å². The summed E-state index contributed by atoms with van der Waals surface area (Å²) in [4.78, 5) is 5.01. The van der Waals surface area contributed by atoms with Crippen LogP contribution in [0.4, 0.5) is 34.1 Å². The van der Waals surface area contributed by atoms with E-state index in [0.29, 0.717) is 23.7 Å².